The van der Waals surface area contributed by atoms with Crippen molar-refractivity contribution in [3.8, 4) is 0 Å². The van der Waals surface area contributed by atoms with E-state index in [0.29, 0.717) is 11.5 Å². The minimum absolute atomic E-state index is 0.232. The van der Waals surface area contributed by atoms with E-state index < -0.39 is 15.6 Å². The summed E-state index contributed by atoms with van der Waals surface area (Å²) in [6.45, 7) is 10.00. The minimum atomic E-state index is -3.56. The highest BCUT2D eigenvalue weighted by molar-refractivity contribution is 7.89. The van der Waals surface area contributed by atoms with Crippen LogP contribution in [0.2, 0.25) is 0 Å². The fourth-order valence-corrected chi connectivity index (χ4v) is 3.95. The van der Waals surface area contributed by atoms with Crippen LogP contribution in [-0.4, -0.2) is 34.2 Å². The first kappa shape index (κ1) is 17.9. The molecule has 5 nitrogen and oxygen atoms in total. The van der Waals surface area contributed by atoms with Crippen LogP contribution in [0.25, 0.3) is 0 Å². The molecule has 2 N–H and O–H groups in total. The quantitative estimate of drug-likeness (QED) is 0.811. The molecule has 0 unspecified atom stereocenters. The fraction of sp³-hybridized carbons (Fsp3) is 0.600. The average Bonchev–Trinajstić information content (AvgIpc) is 2.35. The summed E-state index contributed by atoms with van der Waals surface area (Å²) in [4.78, 5) is 0.341. The van der Waals surface area contributed by atoms with Crippen LogP contribution in [-0.2, 0) is 14.8 Å². The Balaban J connectivity index is 3.04. The Morgan fingerprint density at radius 3 is 2.14 bits per heavy atom. The molecular weight excluding hydrogens is 288 g/mol. The van der Waals surface area contributed by atoms with E-state index in [9.17, 15) is 8.42 Å². The summed E-state index contributed by atoms with van der Waals surface area (Å²) in [6, 6.07) is 3.66. The molecule has 6 heteroatoms. The zero-order valence-electron chi connectivity index (χ0n) is 13.7. The van der Waals surface area contributed by atoms with E-state index in [1.807, 2.05) is 40.0 Å². The maximum atomic E-state index is 12.5. The van der Waals surface area contributed by atoms with Gasteiger partial charge < -0.3 is 10.1 Å². The Hall–Kier alpha value is -1.11. The molecule has 21 heavy (non-hydrogen) atoms. The van der Waals surface area contributed by atoms with Gasteiger partial charge in [0.25, 0.3) is 0 Å². The van der Waals surface area contributed by atoms with Gasteiger partial charge in [-0.3, -0.25) is 0 Å². The molecule has 0 spiro atoms. The molecule has 0 bridgehead atoms. The van der Waals surface area contributed by atoms with Gasteiger partial charge in [-0.25, -0.2) is 13.1 Å². The topological polar surface area (TPSA) is 67.4 Å². The Morgan fingerprint density at radius 1 is 1.19 bits per heavy atom. The zero-order valence-corrected chi connectivity index (χ0v) is 14.5. The highest BCUT2D eigenvalue weighted by atomic mass is 32.2. The van der Waals surface area contributed by atoms with E-state index in [1.165, 1.54) is 0 Å². The molecular formula is C15H26N2O3S. The van der Waals surface area contributed by atoms with Crippen LogP contribution in [0.3, 0.4) is 0 Å². The highest BCUT2D eigenvalue weighted by Crippen LogP contribution is 2.24. The van der Waals surface area contributed by atoms with Crippen molar-refractivity contribution >= 4 is 15.7 Å². The van der Waals surface area contributed by atoms with E-state index in [0.717, 1.165) is 16.8 Å². The van der Waals surface area contributed by atoms with Gasteiger partial charge in [-0.1, -0.05) is 0 Å². The predicted molar refractivity (Wildman–Crippen MR) is 86.4 cm³/mol. The van der Waals surface area contributed by atoms with Crippen LogP contribution >= 0.6 is 0 Å². The van der Waals surface area contributed by atoms with Gasteiger partial charge in [0, 0.05) is 25.9 Å². The molecule has 0 amide bonds. The first-order valence-corrected chi connectivity index (χ1v) is 8.54. The first-order chi connectivity index (χ1) is 9.63. The van der Waals surface area contributed by atoms with E-state index in [2.05, 4.69) is 10.0 Å². The van der Waals surface area contributed by atoms with Crippen LogP contribution in [0.15, 0.2) is 17.0 Å². The van der Waals surface area contributed by atoms with Crippen molar-refractivity contribution < 1.29 is 13.2 Å². The van der Waals surface area contributed by atoms with E-state index in [1.54, 1.807) is 13.8 Å². The number of aryl methyl sites for hydroxylation is 2. The van der Waals surface area contributed by atoms with Crippen molar-refractivity contribution in [2.75, 3.05) is 25.5 Å². The van der Waals surface area contributed by atoms with Crippen molar-refractivity contribution in [2.45, 2.75) is 45.1 Å². The standard InChI is InChI=1S/C15H26N2O3S/c1-7-20-15(4,5)10-17-21(18,19)14-11(2)8-13(16-6)9-12(14)3/h8-9,16-17H,7,10H2,1-6H3. The molecule has 0 aliphatic heterocycles. The van der Waals surface area contributed by atoms with Crippen LogP contribution in [0.4, 0.5) is 5.69 Å². The number of benzene rings is 1. The fourth-order valence-electron chi connectivity index (χ4n) is 2.30. The van der Waals surface area contributed by atoms with Crippen LogP contribution < -0.4 is 10.0 Å². The lowest BCUT2D eigenvalue weighted by molar-refractivity contribution is -0.00515. The summed E-state index contributed by atoms with van der Waals surface area (Å²) in [7, 11) is -1.75. The van der Waals surface area contributed by atoms with Crippen molar-refractivity contribution in [3.63, 3.8) is 0 Å². The third-order valence-electron chi connectivity index (χ3n) is 3.24. The Labute approximate surface area is 128 Å². The molecule has 0 saturated heterocycles. The van der Waals surface area contributed by atoms with Crippen LogP contribution in [0, 0.1) is 13.8 Å². The van der Waals surface area contributed by atoms with Gasteiger partial charge in [0.1, 0.15) is 0 Å². The van der Waals surface area contributed by atoms with Crippen LogP contribution in [0.5, 0.6) is 0 Å². The molecule has 1 aromatic rings. The second kappa shape index (κ2) is 6.77. The number of hydrogen-bond donors (Lipinski definition) is 2. The van der Waals surface area contributed by atoms with Crippen molar-refractivity contribution in [1.82, 2.24) is 4.72 Å². The Kier molecular flexibility index (Phi) is 5.78. The molecule has 0 aromatic heterocycles. The van der Waals surface area contributed by atoms with E-state index in [4.69, 9.17) is 4.74 Å². The maximum absolute atomic E-state index is 12.5. The van der Waals surface area contributed by atoms with Gasteiger partial charge in [0.2, 0.25) is 10.0 Å². The third-order valence-corrected chi connectivity index (χ3v) is 4.95. The molecule has 0 atom stereocenters. The minimum Gasteiger partial charge on any atom is -0.388 e. The number of rotatable bonds is 7. The lowest BCUT2D eigenvalue weighted by Crippen LogP contribution is -2.40. The molecule has 1 aromatic carbocycles. The third kappa shape index (κ3) is 4.69. The number of hydrogen-bond acceptors (Lipinski definition) is 4. The lowest BCUT2D eigenvalue weighted by Gasteiger charge is -2.25. The van der Waals surface area contributed by atoms with Gasteiger partial charge in [-0.05, 0) is 57.9 Å². The highest BCUT2D eigenvalue weighted by Gasteiger charge is 2.25. The second-order valence-corrected chi connectivity index (χ2v) is 7.41. The van der Waals surface area contributed by atoms with Gasteiger partial charge in [0.15, 0.2) is 0 Å². The normalized spacial score (nSPS) is 12.5. The average molecular weight is 314 g/mol. The smallest absolute Gasteiger partial charge is 0.241 e. The first-order valence-electron chi connectivity index (χ1n) is 7.05. The monoisotopic (exact) mass is 314 g/mol. The number of sulfonamides is 1. The molecule has 0 heterocycles. The Morgan fingerprint density at radius 2 is 1.71 bits per heavy atom. The maximum Gasteiger partial charge on any atom is 0.241 e. The zero-order chi connectivity index (χ0) is 16.3. The van der Waals surface area contributed by atoms with Crippen molar-refractivity contribution in [2.24, 2.45) is 0 Å². The van der Waals surface area contributed by atoms with Crippen molar-refractivity contribution in [1.29, 1.82) is 0 Å². The number of nitrogens with one attached hydrogen (secondary N) is 2. The number of ether oxygens (including phenoxy) is 1. The summed E-state index contributed by atoms with van der Waals surface area (Å²) < 4.78 is 33.2. The molecule has 0 radical (unpaired) electrons. The summed E-state index contributed by atoms with van der Waals surface area (Å²) in [5.41, 5.74) is 1.81. The summed E-state index contributed by atoms with van der Waals surface area (Å²) >= 11 is 0. The van der Waals surface area contributed by atoms with Crippen molar-refractivity contribution in [3.05, 3.63) is 23.3 Å². The summed E-state index contributed by atoms with van der Waals surface area (Å²) in [6.07, 6.45) is 0. The van der Waals surface area contributed by atoms with E-state index in [-0.39, 0.29) is 6.54 Å². The Bertz CT molecular complexity index is 572. The molecule has 0 fully saturated rings. The summed E-state index contributed by atoms with van der Waals surface area (Å²) in [5, 5.41) is 3.03. The van der Waals surface area contributed by atoms with Gasteiger partial charge in [-0.2, -0.15) is 0 Å². The molecule has 0 aliphatic carbocycles. The SMILES string of the molecule is CCOC(C)(C)CNS(=O)(=O)c1c(C)cc(NC)cc1C. The summed E-state index contributed by atoms with van der Waals surface area (Å²) in [5.74, 6) is 0. The molecule has 120 valence electrons. The van der Waals surface area contributed by atoms with Gasteiger partial charge in [-0.15, -0.1) is 0 Å². The van der Waals surface area contributed by atoms with Gasteiger partial charge >= 0.3 is 0 Å². The number of anilines is 1. The largest absolute Gasteiger partial charge is 0.388 e. The van der Waals surface area contributed by atoms with Gasteiger partial charge in [0.05, 0.1) is 10.5 Å². The second-order valence-electron chi connectivity index (χ2n) is 5.71. The van der Waals surface area contributed by atoms with Crippen LogP contribution in [0.1, 0.15) is 31.9 Å². The molecule has 0 aliphatic rings. The molecule has 0 saturated carbocycles. The lowest BCUT2D eigenvalue weighted by atomic mass is 10.1. The van der Waals surface area contributed by atoms with E-state index >= 15 is 0 Å². The predicted octanol–water partition coefficient (Wildman–Crippen LogP) is 2.44. The molecule has 1 rings (SSSR count).